The Labute approximate surface area is 267 Å². The Bertz CT molecular complexity index is 1300. The van der Waals surface area contributed by atoms with Crippen LogP contribution in [0.2, 0.25) is 0 Å². The molecule has 0 aliphatic heterocycles. The van der Waals surface area contributed by atoms with E-state index in [0.29, 0.717) is 5.92 Å². The summed E-state index contributed by atoms with van der Waals surface area (Å²) in [5.74, 6) is -1.48. The summed E-state index contributed by atoms with van der Waals surface area (Å²) in [6, 6.07) is 20.4. The van der Waals surface area contributed by atoms with E-state index in [1.54, 1.807) is 0 Å². The van der Waals surface area contributed by atoms with Crippen LogP contribution in [-0.2, 0) is 4.79 Å². The normalized spacial score (nSPS) is 18.9. The van der Waals surface area contributed by atoms with Crippen LogP contribution in [0.5, 0.6) is 5.75 Å². The maximum absolute atomic E-state index is 14.0. The van der Waals surface area contributed by atoms with Gasteiger partial charge in [0.25, 0.3) is 0 Å². The molecule has 3 fully saturated rings. The van der Waals surface area contributed by atoms with E-state index in [4.69, 9.17) is 4.74 Å². The number of carbonyl (C=O) groups excluding carboxylic acids is 1. The van der Waals surface area contributed by atoms with Crippen LogP contribution < -0.4 is 4.74 Å². The minimum absolute atomic E-state index is 0. The highest BCUT2D eigenvalue weighted by atomic mass is 32.1. The van der Waals surface area contributed by atoms with E-state index in [1.165, 1.54) is 12.0 Å². The van der Waals surface area contributed by atoms with Gasteiger partial charge >= 0.3 is 12.1 Å². The van der Waals surface area contributed by atoms with E-state index in [1.807, 2.05) is 36.4 Å². The molecule has 3 aromatic carbocycles. The second-order valence-electron chi connectivity index (χ2n) is 12.9. The smallest absolute Gasteiger partial charge is 0.419 e. The van der Waals surface area contributed by atoms with Gasteiger partial charge in [0, 0.05) is 11.1 Å². The van der Waals surface area contributed by atoms with E-state index in [0.717, 1.165) is 123 Å². The lowest BCUT2D eigenvalue weighted by Gasteiger charge is -2.37. The molecule has 44 heavy (non-hydrogen) atoms. The van der Waals surface area contributed by atoms with Gasteiger partial charge in [0.05, 0.1) is 0 Å². The molecule has 0 radical (unpaired) electrons. The van der Waals surface area contributed by atoms with E-state index in [2.05, 4.69) is 24.3 Å². The molecule has 0 spiro atoms. The topological polar surface area (TPSA) is 26.3 Å². The first-order valence-corrected chi connectivity index (χ1v) is 16.6. The number of benzene rings is 3. The first-order chi connectivity index (χ1) is 20.9. The van der Waals surface area contributed by atoms with E-state index < -0.39 is 12.1 Å². The molecule has 0 saturated heterocycles. The lowest BCUT2D eigenvalue weighted by atomic mass is 9.68. The molecule has 3 aliphatic rings. The Hall–Kier alpha value is -2.73. The summed E-state index contributed by atoms with van der Waals surface area (Å²) in [5, 5.41) is 0. The summed E-state index contributed by atoms with van der Waals surface area (Å²) < 4.78 is 47.8. The Balaban J connectivity index is 0.00000384. The van der Waals surface area contributed by atoms with E-state index >= 15 is 0 Å². The van der Waals surface area contributed by atoms with Gasteiger partial charge in [-0.15, -0.1) is 0 Å². The number of rotatable bonds is 6. The summed E-state index contributed by atoms with van der Waals surface area (Å²) in [5.41, 5.74) is 7.10. The van der Waals surface area contributed by atoms with Crippen LogP contribution in [0.3, 0.4) is 0 Å². The highest BCUT2D eigenvalue weighted by molar-refractivity contribution is 7.59. The fourth-order valence-corrected chi connectivity index (χ4v) is 8.24. The van der Waals surface area contributed by atoms with Crippen molar-refractivity contribution < 1.29 is 22.7 Å². The zero-order valence-corrected chi connectivity index (χ0v) is 26.6. The number of hydrogen-bond acceptors (Lipinski definition) is 2. The average Bonchev–Trinajstić information content (AvgIpc) is 3.05. The molecule has 0 N–H and O–H groups in total. The van der Waals surface area contributed by atoms with Gasteiger partial charge < -0.3 is 4.74 Å². The molecule has 3 aromatic rings. The summed E-state index contributed by atoms with van der Waals surface area (Å²) in [6.45, 7) is 0. The molecule has 6 rings (SSSR count). The monoisotopic (exact) mass is 622 g/mol. The first kappa shape index (κ1) is 32.7. The molecule has 0 aromatic heterocycles. The van der Waals surface area contributed by atoms with Gasteiger partial charge in [0.2, 0.25) is 0 Å². The van der Waals surface area contributed by atoms with Crippen molar-refractivity contribution >= 4 is 19.5 Å². The van der Waals surface area contributed by atoms with Gasteiger partial charge in [-0.1, -0.05) is 118 Å². The number of hydrogen-bond donors (Lipinski definition) is 0. The van der Waals surface area contributed by atoms with E-state index in [-0.39, 0.29) is 31.1 Å². The minimum Gasteiger partial charge on any atom is -0.419 e. The highest BCUT2D eigenvalue weighted by Gasteiger charge is 2.44. The summed E-state index contributed by atoms with van der Waals surface area (Å²) in [4.78, 5) is 12.8. The van der Waals surface area contributed by atoms with Crippen LogP contribution in [0.25, 0.3) is 22.3 Å². The SMILES string of the molecule is O=C(Oc1c(C2CCCCC2)c(-c2ccccc2)c(C2CCCCC2)c(-c2ccccc2)c1C1CCCCC1)C(F)(F)F.S. The lowest BCUT2D eigenvalue weighted by molar-refractivity contribution is -0.189. The fourth-order valence-electron chi connectivity index (χ4n) is 8.24. The average molecular weight is 623 g/mol. The highest BCUT2D eigenvalue weighted by Crippen LogP contribution is 2.57. The Kier molecular flexibility index (Phi) is 10.8. The summed E-state index contributed by atoms with van der Waals surface area (Å²) in [6.07, 6.45) is 10.5. The van der Waals surface area contributed by atoms with Crippen molar-refractivity contribution in [2.45, 2.75) is 120 Å². The van der Waals surface area contributed by atoms with Gasteiger partial charge in [-0.2, -0.15) is 26.7 Å². The van der Waals surface area contributed by atoms with Crippen LogP contribution in [0, 0.1) is 0 Å². The molecule has 0 atom stereocenters. The molecular weight excluding hydrogens is 577 g/mol. The second kappa shape index (κ2) is 14.6. The molecule has 236 valence electrons. The minimum atomic E-state index is -5.07. The largest absolute Gasteiger partial charge is 0.491 e. The van der Waals surface area contributed by atoms with Gasteiger partial charge in [0.1, 0.15) is 5.75 Å². The van der Waals surface area contributed by atoms with Gasteiger partial charge in [-0.25, -0.2) is 4.79 Å². The molecule has 3 aliphatic carbocycles. The third-order valence-corrected chi connectivity index (χ3v) is 10.2. The van der Waals surface area contributed by atoms with Crippen molar-refractivity contribution in [3.63, 3.8) is 0 Å². The maximum atomic E-state index is 14.0. The molecule has 0 heterocycles. The second-order valence-corrected chi connectivity index (χ2v) is 12.9. The van der Waals surface area contributed by atoms with Crippen molar-refractivity contribution in [3.8, 4) is 28.0 Å². The van der Waals surface area contributed by atoms with Crippen molar-refractivity contribution in [1.29, 1.82) is 0 Å². The number of esters is 1. The van der Waals surface area contributed by atoms with Crippen molar-refractivity contribution in [2.75, 3.05) is 0 Å². The van der Waals surface area contributed by atoms with Crippen LogP contribution in [0.1, 0.15) is 131 Å². The van der Waals surface area contributed by atoms with Crippen molar-refractivity contribution in [1.82, 2.24) is 0 Å². The van der Waals surface area contributed by atoms with Gasteiger partial charge in [0.15, 0.2) is 0 Å². The molecule has 3 saturated carbocycles. The number of ether oxygens (including phenoxy) is 1. The van der Waals surface area contributed by atoms with Crippen LogP contribution in [-0.4, -0.2) is 12.1 Å². The molecule has 6 heteroatoms. The fraction of sp³-hybridized carbons (Fsp3) is 0.500. The Morgan fingerprint density at radius 1 is 0.545 bits per heavy atom. The molecule has 0 bridgehead atoms. The third-order valence-electron chi connectivity index (χ3n) is 10.2. The number of halogens is 3. The first-order valence-electron chi connectivity index (χ1n) is 16.6. The molecular formula is C38H45F3O2S. The van der Waals surface area contributed by atoms with E-state index in [9.17, 15) is 18.0 Å². The number of alkyl halides is 3. The zero-order chi connectivity index (χ0) is 29.8. The number of carbonyl (C=O) groups is 1. The predicted octanol–water partition coefficient (Wildman–Crippen LogP) is 11.7. The Morgan fingerprint density at radius 3 is 1.23 bits per heavy atom. The van der Waals surface area contributed by atoms with Crippen molar-refractivity contribution in [2.24, 2.45) is 0 Å². The standard InChI is InChI=1S/C38H43F3O2.H2S/c39-38(40,41)37(42)43-36-34(29-22-12-4-13-23-29)32(27-18-8-2-9-19-27)31(26-16-6-1-7-17-26)33(28-20-10-3-11-21-28)35(36)30-24-14-5-15-25-30;/h2-3,8-11,18-21,26,29-30H,1,4-7,12-17,22-25H2;1H2. The Morgan fingerprint density at radius 2 is 0.886 bits per heavy atom. The predicted molar refractivity (Wildman–Crippen MR) is 177 cm³/mol. The summed E-state index contributed by atoms with van der Waals surface area (Å²) >= 11 is 0. The molecule has 0 unspecified atom stereocenters. The molecule has 2 nitrogen and oxygen atoms in total. The van der Waals surface area contributed by atoms with Gasteiger partial charge in [-0.3, -0.25) is 0 Å². The third kappa shape index (κ3) is 6.90. The maximum Gasteiger partial charge on any atom is 0.491 e. The van der Waals surface area contributed by atoms with Crippen LogP contribution >= 0.6 is 13.5 Å². The lowest BCUT2D eigenvalue weighted by Crippen LogP contribution is -2.30. The van der Waals surface area contributed by atoms with Crippen molar-refractivity contribution in [3.05, 3.63) is 77.4 Å². The quantitative estimate of drug-likeness (QED) is 0.202. The van der Waals surface area contributed by atoms with Crippen LogP contribution in [0.15, 0.2) is 60.7 Å². The summed E-state index contributed by atoms with van der Waals surface area (Å²) in [7, 11) is 0. The van der Waals surface area contributed by atoms with Gasteiger partial charge in [-0.05, 0) is 84.1 Å². The zero-order valence-electron chi connectivity index (χ0n) is 25.6. The van der Waals surface area contributed by atoms with Crippen LogP contribution in [0.4, 0.5) is 13.2 Å². The molecule has 0 amide bonds.